The molecule has 1 aromatic carbocycles. The van der Waals surface area contributed by atoms with Crippen LogP contribution < -0.4 is 10.1 Å². The zero-order valence-corrected chi connectivity index (χ0v) is 16.3. The number of nitrogens with one attached hydrogen (secondary N) is 1. The first-order chi connectivity index (χ1) is 13.3. The van der Waals surface area contributed by atoms with E-state index >= 15 is 0 Å². The Morgan fingerprint density at radius 3 is 2.79 bits per heavy atom. The van der Waals surface area contributed by atoms with Crippen LogP contribution in [0.5, 0.6) is 5.75 Å². The number of amides is 1. The molecule has 7 nitrogen and oxygen atoms in total. The van der Waals surface area contributed by atoms with Gasteiger partial charge in [-0.2, -0.15) is 9.49 Å². The van der Waals surface area contributed by atoms with E-state index in [9.17, 15) is 18.4 Å². The summed E-state index contributed by atoms with van der Waals surface area (Å²) in [6.07, 6.45) is 2.92. The van der Waals surface area contributed by atoms with Gasteiger partial charge in [-0.05, 0) is 36.2 Å². The molecule has 0 atom stereocenters. The second-order valence-corrected chi connectivity index (χ2v) is 7.11. The number of hydrogen-bond acceptors (Lipinski definition) is 7. The zero-order valence-electron chi connectivity index (χ0n) is 15.5. The van der Waals surface area contributed by atoms with Crippen molar-refractivity contribution >= 4 is 35.0 Å². The topological polar surface area (TPSA) is 89.3 Å². The molecule has 1 amide bonds. The number of thioether (sulfide) groups is 1. The normalized spacial score (nSPS) is 17.0. The molecule has 1 N–H and O–H groups in total. The largest absolute Gasteiger partial charge is 0.490 e. The molecule has 1 saturated heterocycles. The molecule has 0 spiro atoms. The number of ether oxygens (including phenoxy) is 2. The van der Waals surface area contributed by atoms with Crippen LogP contribution in [0.1, 0.15) is 25.8 Å². The monoisotopic (exact) mass is 411 g/mol. The highest BCUT2D eigenvalue weighted by Crippen LogP contribution is 2.24. The van der Waals surface area contributed by atoms with Crippen molar-refractivity contribution in [3.8, 4) is 5.75 Å². The van der Waals surface area contributed by atoms with Gasteiger partial charge in [0.25, 0.3) is 5.91 Å². The summed E-state index contributed by atoms with van der Waals surface area (Å²) in [5, 5.41) is 10.1. The van der Waals surface area contributed by atoms with E-state index in [4.69, 9.17) is 4.74 Å². The quantitative estimate of drug-likeness (QED) is 0.322. The highest BCUT2D eigenvalue weighted by atomic mass is 32.2. The molecule has 0 radical (unpaired) electrons. The highest BCUT2D eigenvalue weighted by molar-refractivity contribution is 8.18. The predicted octanol–water partition coefficient (Wildman–Crippen LogP) is 3.00. The molecule has 0 bridgehead atoms. The van der Waals surface area contributed by atoms with E-state index in [-0.39, 0.29) is 28.0 Å². The fourth-order valence-electron chi connectivity index (χ4n) is 1.96. The van der Waals surface area contributed by atoms with E-state index in [1.54, 1.807) is 0 Å². The summed E-state index contributed by atoms with van der Waals surface area (Å²) >= 11 is 0.897. The summed E-state index contributed by atoms with van der Waals surface area (Å²) in [7, 11) is 1.19. The van der Waals surface area contributed by atoms with E-state index in [1.807, 2.05) is 13.8 Å². The number of amidine groups is 1. The van der Waals surface area contributed by atoms with Gasteiger partial charge in [0.15, 0.2) is 16.7 Å². The molecule has 0 saturated carbocycles. The summed E-state index contributed by atoms with van der Waals surface area (Å²) in [5.74, 6) is -3.16. The van der Waals surface area contributed by atoms with Gasteiger partial charge in [0.1, 0.15) is 0 Å². The number of carbonyl (C=O) groups is 2. The lowest BCUT2D eigenvalue weighted by Crippen LogP contribution is -2.19. The Morgan fingerprint density at radius 1 is 1.36 bits per heavy atom. The Morgan fingerprint density at radius 2 is 2.11 bits per heavy atom. The van der Waals surface area contributed by atoms with Gasteiger partial charge in [-0.1, -0.05) is 13.8 Å². The summed E-state index contributed by atoms with van der Waals surface area (Å²) in [4.78, 5) is 23.0. The van der Waals surface area contributed by atoms with Crippen LogP contribution in [0.3, 0.4) is 0 Å². The van der Waals surface area contributed by atoms with Gasteiger partial charge in [0, 0.05) is 11.6 Å². The molecule has 1 aliphatic rings. The Balaban J connectivity index is 2.08. The SMILES string of the molecule is COC(=O)/C=C1/S/C(=N\N=Cc2cc(F)c(F)c(OCCC(C)C)c2)NC1=O. The molecule has 1 heterocycles. The first-order valence-electron chi connectivity index (χ1n) is 8.32. The van der Waals surface area contributed by atoms with Crippen molar-refractivity contribution in [3.63, 3.8) is 0 Å². The molecular weight excluding hydrogens is 392 g/mol. The lowest BCUT2D eigenvalue weighted by Gasteiger charge is -2.10. The smallest absolute Gasteiger partial charge is 0.331 e. The minimum Gasteiger partial charge on any atom is -0.490 e. The van der Waals surface area contributed by atoms with Crippen molar-refractivity contribution in [2.45, 2.75) is 20.3 Å². The van der Waals surface area contributed by atoms with Crippen LogP contribution in [0.2, 0.25) is 0 Å². The number of esters is 1. The van der Waals surface area contributed by atoms with Gasteiger partial charge >= 0.3 is 5.97 Å². The Bertz CT molecular complexity index is 853. The molecular formula is C18H19F2N3O4S. The van der Waals surface area contributed by atoms with Gasteiger partial charge in [-0.25, -0.2) is 9.18 Å². The molecule has 2 rings (SSSR count). The van der Waals surface area contributed by atoms with Crippen LogP contribution in [0, 0.1) is 17.6 Å². The van der Waals surface area contributed by atoms with Crippen molar-refractivity contribution in [2.75, 3.05) is 13.7 Å². The minimum atomic E-state index is -1.07. The second-order valence-electron chi connectivity index (χ2n) is 6.08. The van der Waals surface area contributed by atoms with Crippen LogP contribution in [-0.2, 0) is 14.3 Å². The molecule has 1 aliphatic heterocycles. The van der Waals surface area contributed by atoms with Crippen LogP contribution in [0.15, 0.2) is 33.3 Å². The zero-order chi connectivity index (χ0) is 20.7. The maximum absolute atomic E-state index is 13.8. The van der Waals surface area contributed by atoms with Crippen molar-refractivity contribution < 1.29 is 27.8 Å². The summed E-state index contributed by atoms with van der Waals surface area (Å²) in [6.45, 7) is 4.25. The lowest BCUT2D eigenvalue weighted by atomic mass is 10.1. The van der Waals surface area contributed by atoms with Gasteiger partial charge in [0.2, 0.25) is 5.82 Å². The van der Waals surface area contributed by atoms with Crippen LogP contribution in [0.4, 0.5) is 8.78 Å². The standard InChI is InChI=1S/C18H19F2N3O4S/c1-10(2)4-5-27-13-7-11(6-12(19)16(13)20)9-21-23-18-22-17(25)14(28-18)8-15(24)26-3/h6-10H,4-5H2,1-3H3,(H,22,23,25)/b14-8+,21-9?. The van der Waals surface area contributed by atoms with E-state index in [0.29, 0.717) is 12.3 Å². The van der Waals surface area contributed by atoms with Gasteiger partial charge in [0.05, 0.1) is 24.8 Å². The van der Waals surface area contributed by atoms with Crippen molar-refractivity contribution in [3.05, 3.63) is 40.3 Å². The van der Waals surface area contributed by atoms with Gasteiger partial charge < -0.3 is 9.47 Å². The fourth-order valence-corrected chi connectivity index (χ4v) is 2.70. The molecule has 150 valence electrons. The third-order valence-electron chi connectivity index (χ3n) is 3.43. The number of nitrogens with zero attached hydrogens (tertiary/aromatic N) is 2. The molecule has 1 aromatic rings. The van der Waals surface area contributed by atoms with Crippen LogP contribution in [-0.4, -0.2) is 37.0 Å². The molecule has 1 fully saturated rings. The van der Waals surface area contributed by atoms with E-state index in [1.165, 1.54) is 19.4 Å². The first-order valence-corrected chi connectivity index (χ1v) is 9.13. The number of methoxy groups -OCH3 is 1. The number of carbonyl (C=O) groups excluding carboxylic acids is 2. The minimum absolute atomic E-state index is 0.106. The Hall–Kier alpha value is -2.75. The molecule has 10 heteroatoms. The highest BCUT2D eigenvalue weighted by Gasteiger charge is 2.25. The van der Waals surface area contributed by atoms with Gasteiger partial charge in [-0.15, -0.1) is 5.10 Å². The third kappa shape index (κ3) is 6.15. The third-order valence-corrected chi connectivity index (χ3v) is 4.33. The van der Waals surface area contributed by atoms with E-state index in [2.05, 4.69) is 20.3 Å². The van der Waals surface area contributed by atoms with Crippen molar-refractivity contribution in [2.24, 2.45) is 16.1 Å². The Kier molecular flexibility index (Phi) is 7.68. The van der Waals surface area contributed by atoms with E-state index < -0.39 is 23.5 Å². The molecule has 0 aliphatic carbocycles. The summed E-state index contributed by atoms with van der Waals surface area (Å²) in [6, 6.07) is 2.27. The number of hydrogen-bond donors (Lipinski definition) is 1. The van der Waals surface area contributed by atoms with E-state index in [0.717, 1.165) is 23.9 Å². The van der Waals surface area contributed by atoms with Crippen molar-refractivity contribution in [1.82, 2.24) is 5.32 Å². The van der Waals surface area contributed by atoms with Crippen LogP contribution in [0.25, 0.3) is 0 Å². The predicted molar refractivity (Wildman–Crippen MR) is 102 cm³/mol. The average Bonchev–Trinajstić information content (AvgIpc) is 2.97. The van der Waals surface area contributed by atoms with Gasteiger partial charge in [-0.3, -0.25) is 10.1 Å². The fraction of sp³-hybridized carbons (Fsp3) is 0.333. The summed E-state index contributed by atoms with van der Waals surface area (Å²) in [5.41, 5.74) is 0.238. The first kappa shape index (κ1) is 21.5. The molecule has 0 aromatic heterocycles. The maximum Gasteiger partial charge on any atom is 0.331 e. The average molecular weight is 411 g/mol. The summed E-state index contributed by atoms with van der Waals surface area (Å²) < 4.78 is 37.3. The maximum atomic E-state index is 13.8. The van der Waals surface area contributed by atoms with Crippen molar-refractivity contribution in [1.29, 1.82) is 0 Å². The molecule has 28 heavy (non-hydrogen) atoms. The number of halogens is 2. The lowest BCUT2D eigenvalue weighted by molar-refractivity contribution is -0.135. The van der Waals surface area contributed by atoms with Crippen LogP contribution >= 0.6 is 11.8 Å². The molecule has 0 unspecified atom stereocenters. The second kappa shape index (κ2) is 9.98. The number of rotatable bonds is 7. The number of benzene rings is 1. The Labute approximate surface area is 164 Å².